The zero-order valence-corrected chi connectivity index (χ0v) is 14.0. The molecule has 0 nitrogen and oxygen atoms in total. The van der Waals surface area contributed by atoms with Crippen molar-refractivity contribution in [1.82, 2.24) is 0 Å². The van der Waals surface area contributed by atoms with Crippen molar-refractivity contribution in [2.45, 2.75) is 18.7 Å². The molecule has 1 unspecified atom stereocenters. The first-order chi connectivity index (χ1) is 8.08. The van der Waals surface area contributed by atoms with Gasteiger partial charge in [-0.2, -0.15) is 0 Å². The van der Waals surface area contributed by atoms with Crippen LogP contribution in [0.1, 0.15) is 21.4 Å². The molecule has 0 fully saturated rings. The lowest BCUT2D eigenvalue weighted by Crippen LogP contribution is -1.95. The zero-order chi connectivity index (χ0) is 12.4. The van der Waals surface area contributed by atoms with Crippen LogP contribution in [0.25, 0.3) is 0 Å². The van der Waals surface area contributed by atoms with Crippen LogP contribution >= 0.6 is 54.8 Å². The summed E-state index contributed by atoms with van der Waals surface area (Å²) in [7, 11) is 0. The highest BCUT2D eigenvalue weighted by molar-refractivity contribution is 9.13. The van der Waals surface area contributed by atoms with E-state index in [1.54, 1.807) is 11.3 Å². The molecule has 17 heavy (non-hydrogen) atoms. The van der Waals surface area contributed by atoms with Crippen molar-refractivity contribution >= 4 is 54.8 Å². The first-order valence-corrected chi connectivity index (χ1v) is 8.05. The fraction of sp³-hybridized carbons (Fsp3) is 0.231. The van der Waals surface area contributed by atoms with Crippen LogP contribution < -0.4 is 0 Å². The molecule has 1 atom stereocenters. The predicted molar refractivity (Wildman–Crippen MR) is 83.2 cm³/mol. The van der Waals surface area contributed by atoms with Gasteiger partial charge < -0.3 is 0 Å². The van der Waals surface area contributed by atoms with Crippen LogP contribution in [0.3, 0.4) is 0 Å². The van der Waals surface area contributed by atoms with Crippen LogP contribution in [0.2, 0.25) is 0 Å². The van der Waals surface area contributed by atoms with Gasteiger partial charge in [0.15, 0.2) is 0 Å². The van der Waals surface area contributed by atoms with Gasteiger partial charge in [0, 0.05) is 9.35 Å². The van der Waals surface area contributed by atoms with Crippen LogP contribution in [0.15, 0.2) is 38.6 Å². The van der Waals surface area contributed by atoms with Gasteiger partial charge in [0.25, 0.3) is 0 Å². The SMILES string of the molecule is Cc1ccccc1CC(Cl)c1cc(Br)c(Br)s1. The molecule has 0 bridgehead atoms. The number of halogens is 3. The highest BCUT2D eigenvalue weighted by Crippen LogP contribution is 2.39. The number of hydrogen-bond donors (Lipinski definition) is 0. The van der Waals surface area contributed by atoms with Gasteiger partial charge in [-0.3, -0.25) is 0 Å². The maximum absolute atomic E-state index is 6.47. The van der Waals surface area contributed by atoms with E-state index in [0.717, 1.165) is 14.7 Å². The molecule has 0 saturated heterocycles. The summed E-state index contributed by atoms with van der Waals surface area (Å²) in [5.74, 6) is 0. The fourth-order valence-corrected chi connectivity index (χ4v) is 4.08. The molecule has 0 N–H and O–H groups in total. The van der Waals surface area contributed by atoms with E-state index in [1.165, 1.54) is 16.0 Å². The second-order valence-corrected chi connectivity index (χ2v) is 7.65. The van der Waals surface area contributed by atoms with E-state index in [-0.39, 0.29) is 5.38 Å². The summed E-state index contributed by atoms with van der Waals surface area (Å²) in [4.78, 5) is 1.19. The monoisotopic (exact) mass is 392 g/mol. The minimum atomic E-state index is 0.0312. The van der Waals surface area contributed by atoms with E-state index >= 15 is 0 Å². The topological polar surface area (TPSA) is 0 Å². The van der Waals surface area contributed by atoms with Gasteiger partial charge in [0.1, 0.15) is 0 Å². The Kier molecular flexibility index (Phi) is 4.70. The Morgan fingerprint density at radius 3 is 2.59 bits per heavy atom. The Morgan fingerprint density at radius 2 is 2.00 bits per heavy atom. The lowest BCUT2D eigenvalue weighted by atomic mass is 10.0. The normalized spacial score (nSPS) is 12.7. The number of hydrogen-bond acceptors (Lipinski definition) is 1. The Bertz CT molecular complexity index is 502. The lowest BCUT2D eigenvalue weighted by molar-refractivity contribution is 0.929. The second-order valence-electron chi connectivity index (χ2n) is 3.87. The van der Waals surface area contributed by atoms with Gasteiger partial charge in [-0.1, -0.05) is 24.3 Å². The van der Waals surface area contributed by atoms with Gasteiger partial charge in [0.2, 0.25) is 0 Å². The van der Waals surface area contributed by atoms with Crippen LogP contribution in [-0.4, -0.2) is 0 Å². The smallest absolute Gasteiger partial charge is 0.0843 e. The Hall–Kier alpha value is 0.170. The lowest BCUT2D eigenvalue weighted by Gasteiger charge is -2.09. The standard InChI is InChI=1S/C13H11Br2ClS/c1-8-4-2-3-5-9(8)6-11(16)12-7-10(14)13(15)17-12/h2-5,7,11H,6H2,1H3. The first kappa shape index (κ1) is 13.6. The minimum Gasteiger partial charge on any atom is -0.130 e. The van der Waals surface area contributed by atoms with E-state index in [4.69, 9.17) is 11.6 Å². The first-order valence-electron chi connectivity index (χ1n) is 5.21. The van der Waals surface area contributed by atoms with E-state index in [0.29, 0.717) is 0 Å². The predicted octanol–water partition coefficient (Wildman–Crippen LogP) is 6.10. The van der Waals surface area contributed by atoms with Crippen LogP contribution in [-0.2, 0) is 6.42 Å². The maximum Gasteiger partial charge on any atom is 0.0843 e. The average molecular weight is 395 g/mol. The molecule has 2 rings (SSSR count). The quantitative estimate of drug-likeness (QED) is 0.552. The Balaban J connectivity index is 2.17. The Morgan fingerprint density at radius 1 is 1.29 bits per heavy atom. The third-order valence-electron chi connectivity index (χ3n) is 2.63. The van der Waals surface area contributed by atoms with Crippen LogP contribution in [0.5, 0.6) is 0 Å². The number of rotatable bonds is 3. The van der Waals surface area contributed by atoms with E-state index in [9.17, 15) is 0 Å². The molecule has 0 amide bonds. The largest absolute Gasteiger partial charge is 0.130 e. The molecule has 1 aromatic carbocycles. The van der Waals surface area contributed by atoms with Crippen molar-refractivity contribution in [1.29, 1.82) is 0 Å². The zero-order valence-electron chi connectivity index (χ0n) is 9.21. The summed E-state index contributed by atoms with van der Waals surface area (Å²) >= 11 is 15.1. The third-order valence-corrected chi connectivity index (χ3v) is 6.52. The van der Waals surface area contributed by atoms with E-state index in [1.807, 2.05) is 0 Å². The van der Waals surface area contributed by atoms with Gasteiger partial charge in [0.05, 0.1) is 9.16 Å². The minimum absolute atomic E-state index is 0.0312. The molecule has 90 valence electrons. The van der Waals surface area contributed by atoms with E-state index in [2.05, 4.69) is 69.1 Å². The van der Waals surface area contributed by atoms with Gasteiger partial charge in [-0.15, -0.1) is 22.9 Å². The molecule has 0 aliphatic heterocycles. The summed E-state index contributed by atoms with van der Waals surface area (Å²) in [5, 5.41) is 0.0312. The highest BCUT2D eigenvalue weighted by atomic mass is 79.9. The van der Waals surface area contributed by atoms with Crippen molar-refractivity contribution in [3.05, 3.63) is 54.6 Å². The molecule has 0 spiro atoms. The number of aryl methyl sites for hydroxylation is 1. The average Bonchev–Trinajstić information content (AvgIpc) is 2.63. The fourth-order valence-electron chi connectivity index (χ4n) is 1.65. The highest BCUT2D eigenvalue weighted by Gasteiger charge is 2.14. The molecule has 1 heterocycles. The molecule has 1 aromatic heterocycles. The number of benzene rings is 1. The maximum atomic E-state index is 6.47. The van der Waals surface area contributed by atoms with Crippen molar-refractivity contribution < 1.29 is 0 Å². The summed E-state index contributed by atoms with van der Waals surface area (Å²) < 4.78 is 2.18. The van der Waals surface area contributed by atoms with Crippen LogP contribution in [0, 0.1) is 6.92 Å². The van der Waals surface area contributed by atoms with Crippen molar-refractivity contribution in [2.75, 3.05) is 0 Å². The van der Waals surface area contributed by atoms with Gasteiger partial charge in [-0.25, -0.2) is 0 Å². The van der Waals surface area contributed by atoms with Gasteiger partial charge in [-0.05, 0) is 62.4 Å². The molecule has 0 saturated carbocycles. The van der Waals surface area contributed by atoms with Crippen molar-refractivity contribution in [3.63, 3.8) is 0 Å². The molecule has 4 heteroatoms. The van der Waals surface area contributed by atoms with Crippen LogP contribution in [0.4, 0.5) is 0 Å². The van der Waals surface area contributed by atoms with Crippen molar-refractivity contribution in [2.24, 2.45) is 0 Å². The molecular formula is C13H11Br2ClS. The summed E-state index contributed by atoms with van der Waals surface area (Å²) in [6.07, 6.45) is 0.869. The summed E-state index contributed by atoms with van der Waals surface area (Å²) in [6.45, 7) is 2.12. The second kappa shape index (κ2) is 5.87. The van der Waals surface area contributed by atoms with E-state index < -0.39 is 0 Å². The van der Waals surface area contributed by atoms with Crippen molar-refractivity contribution in [3.8, 4) is 0 Å². The Labute approximate surface area is 127 Å². The number of thiophene rings is 1. The molecule has 0 aliphatic carbocycles. The molecular weight excluding hydrogens is 383 g/mol. The molecule has 0 aliphatic rings. The van der Waals surface area contributed by atoms with Gasteiger partial charge >= 0.3 is 0 Å². The third kappa shape index (κ3) is 3.34. The summed E-state index contributed by atoms with van der Waals surface area (Å²) in [6, 6.07) is 10.5. The molecule has 2 aromatic rings. The summed E-state index contributed by atoms with van der Waals surface area (Å²) in [5.41, 5.74) is 2.61. The number of alkyl halides is 1. The molecule has 0 radical (unpaired) electrons.